The van der Waals surface area contributed by atoms with E-state index in [0.717, 1.165) is 0 Å². The van der Waals surface area contributed by atoms with E-state index in [1.165, 1.54) is 31.2 Å². The number of sulfone groups is 1. The molecule has 1 rings (SSSR count). The van der Waals surface area contributed by atoms with Gasteiger partial charge in [0.15, 0.2) is 9.84 Å². The van der Waals surface area contributed by atoms with Crippen LogP contribution in [0.5, 0.6) is 0 Å². The topological polar surface area (TPSA) is 118 Å². The Morgan fingerprint density at radius 2 is 1.84 bits per heavy atom. The number of aliphatic hydroxyl groups is 2. The molecule has 8 heteroatoms. The normalized spacial score (nSPS) is 14.9. The zero-order valence-electron chi connectivity index (χ0n) is 10.3. The highest BCUT2D eigenvalue weighted by Gasteiger charge is 2.31. The first kappa shape index (κ1) is 15.5. The summed E-state index contributed by atoms with van der Waals surface area (Å²) in [5.74, 6) is -0.206. The largest absolute Gasteiger partial charge is 0.395 e. The van der Waals surface area contributed by atoms with Gasteiger partial charge < -0.3 is 10.2 Å². The van der Waals surface area contributed by atoms with Gasteiger partial charge in [-0.1, -0.05) is 6.92 Å². The Kier molecular flexibility index (Phi) is 4.98. The van der Waals surface area contributed by atoms with Gasteiger partial charge in [-0.05, 0) is 17.7 Å². The standard InChI is InChI=1S/C11H15NO6S/c1-2-19(17,18)10(7-13)11(14)8-3-5-9(6-4-8)12(15)16/h3-6,10-11,13-14H,2,7H2,1H3. The van der Waals surface area contributed by atoms with E-state index in [-0.39, 0.29) is 17.0 Å². The fourth-order valence-electron chi connectivity index (χ4n) is 1.63. The number of nitro groups is 1. The van der Waals surface area contributed by atoms with E-state index in [4.69, 9.17) is 5.11 Å². The van der Waals surface area contributed by atoms with E-state index in [0.29, 0.717) is 0 Å². The first-order valence-electron chi connectivity index (χ1n) is 5.58. The van der Waals surface area contributed by atoms with Gasteiger partial charge in [0.2, 0.25) is 0 Å². The zero-order valence-corrected chi connectivity index (χ0v) is 11.1. The summed E-state index contributed by atoms with van der Waals surface area (Å²) in [6.45, 7) is 0.703. The molecule has 0 amide bonds. The van der Waals surface area contributed by atoms with Crippen LogP contribution in [0.15, 0.2) is 24.3 Å². The van der Waals surface area contributed by atoms with Crippen molar-refractivity contribution in [2.75, 3.05) is 12.4 Å². The van der Waals surface area contributed by atoms with Crippen LogP contribution in [0.2, 0.25) is 0 Å². The van der Waals surface area contributed by atoms with Gasteiger partial charge in [0.1, 0.15) is 5.25 Å². The van der Waals surface area contributed by atoms with Gasteiger partial charge >= 0.3 is 0 Å². The molecule has 19 heavy (non-hydrogen) atoms. The van der Waals surface area contributed by atoms with Crippen LogP contribution in [0.1, 0.15) is 18.6 Å². The lowest BCUT2D eigenvalue weighted by molar-refractivity contribution is -0.384. The average Bonchev–Trinajstić information content (AvgIpc) is 2.39. The average molecular weight is 289 g/mol. The minimum atomic E-state index is -3.62. The van der Waals surface area contributed by atoms with E-state index in [9.17, 15) is 23.6 Å². The Bertz CT molecular complexity index is 539. The molecule has 106 valence electrons. The number of hydrogen-bond acceptors (Lipinski definition) is 6. The van der Waals surface area contributed by atoms with Gasteiger partial charge in [-0.25, -0.2) is 8.42 Å². The molecule has 1 aromatic carbocycles. The SMILES string of the molecule is CCS(=O)(=O)C(CO)C(O)c1ccc([N+](=O)[O-])cc1. The third kappa shape index (κ3) is 3.49. The molecular formula is C11H15NO6S. The summed E-state index contributed by atoms with van der Waals surface area (Å²) in [5.41, 5.74) is 0.0523. The third-order valence-corrected chi connectivity index (χ3v) is 4.98. The fraction of sp³-hybridized carbons (Fsp3) is 0.455. The molecular weight excluding hydrogens is 274 g/mol. The van der Waals surface area contributed by atoms with Gasteiger partial charge in [-0.15, -0.1) is 0 Å². The van der Waals surface area contributed by atoms with Crippen molar-refractivity contribution in [2.24, 2.45) is 0 Å². The summed E-state index contributed by atoms with van der Waals surface area (Å²) in [5, 5.41) is 28.2. The highest BCUT2D eigenvalue weighted by atomic mass is 32.2. The van der Waals surface area contributed by atoms with Crippen LogP contribution in [0, 0.1) is 10.1 Å². The van der Waals surface area contributed by atoms with Crippen LogP contribution in [-0.2, 0) is 9.84 Å². The van der Waals surface area contributed by atoms with Crippen LogP contribution >= 0.6 is 0 Å². The second-order valence-electron chi connectivity index (χ2n) is 3.97. The molecule has 0 spiro atoms. The highest BCUT2D eigenvalue weighted by Crippen LogP contribution is 2.24. The molecule has 0 fully saturated rings. The van der Waals surface area contributed by atoms with E-state index in [1.807, 2.05) is 0 Å². The lowest BCUT2D eigenvalue weighted by Crippen LogP contribution is -2.33. The number of hydrogen-bond donors (Lipinski definition) is 2. The van der Waals surface area contributed by atoms with Crippen molar-refractivity contribution in [3.05, 3.63) is 39.9 Å². The van der Waals surface area contributed by atoms with Crippen molar-refractivity contribution in [1.29, 1.82) is 0 Å². The number of benzene rings is 1. The van der Waals surface area contributed by atoms with E-state index >= 15 is 0 Å². The monoisotopic (exact) mass is 289 g/mol. The van der Waals surface area contributed by atoms with E-state index in [2.05, 4.69) is 0 Å². The Morgan fingerprint density at radius 3 is 2.21 bits per heavy atom. The molecule has 7 nitrogen and oxygen atoms in total. The summed E-state index contributed by atoms with van der Waals surface area (Å²) in [6, 6.07) is 4.89. The molecule has 0 aliphatic carbocycles. The van der Waals surface area contributed by atoms with Crippen LogP contribution in [0.4, 0.5) is 5.69 Å². The van der Waals surface area contributed by atoms with Crippen molar-refractivity contribution < 1.29 is 23.6 Å². The summed E-state index contributed by atoms with van der Waals surface area (Å²) in [6.07, 6.45) is -1.42. The fourth-order valence-corrected chi connectivity index (χ4v) is 2.84. The quantitative estimate of drug-likeness (QED) is 0.579. The smallest absolute Gasteiger partial charge is 0.269 e. The molecule has 0 aliphatic heterocycles. The van der Waals surface area contributed by atoms with Crippen molar-refractivity contribution in [1.82, 2.24) is 0 Å². The van der Waals surface area contributed by atoms with Gasteiger partial charge in [0.05, 0.1) is 17.6 Å². The Hall–Kier alpha value is -1.51. The molecule has 2 atom stereocenters. The minimum Gasteiger partial charge on any atom is -0.395 e. The van der Waals surface area contributed by atoms with Gasteiger partial charge in [0.25, 0.3) is 5.69 Å². The number of nitrogens with zero attached hydrogens (tertiary/aromatic N) is 1. The van der Waals surface area contributed by atoms with Gasteiger partial charge in [-0.2, -0.15) is 0 Å². The number of aliphatic hydroxyl groups excluding tert-OH is 2. The van der Waals surface area contributed by atoms with Crippen molar-refractivity contribution in [2.45, 2.75) is 18.3 Å². The number of nitro benzene ring substituents is 1. The molecule has 0 radical (unpaired) electrons. The molecule has 0 saturated carbocycles. The third-order valence-electron chi connectivity index (χ3n) is 2.84. The maximum Gasteiger partial charge on any atom is 0.269 e. The molecule has 0 aromatic heterocycles. The number of non-ortho nitro benzene ring substituents is 1. The van der Waals surface area contributed by atoms with E-state index < -0.39 is 32.7 Å². The molecule has 0 heterocycles. The first-order chi connectivity index (χ1) is 8.83. The summed E-state index contributed by atoms with van der Waals surface area (Å²) in [4.78, 5) is 9.89. The van der Waals surface area contributed by atoms with Gasteiger partial charge in [-0.3, -0.25) is 10.1 Å². The predicted molar refractivity (Wildman–Crippen MR) is 68.4 cm³/mol. The second-order valence-corrected chi connectivity index (χ2v) is 6.47. The Balaban J connectivity index is 3.04. The lowest BCUT2D eigenvalue weighted by Gasteiger charge is -2.20. The van der Waals surface area contributed by atoms with Crippen molar-refractivity contribution >= 4 is 15.5 Å². The summed E-state index contributed by atoms with van der Waals surface area (Å²) < 4.78 is 23.4. The maximum atomic E-state index is 11.7. The Labute approximate surface area is 110 Å². The minimum absolute atomic E-state index is 0.158. The molecule has 0 saturated heterocycles. The maximum absolute atomic E-state index is 11.7. The predicted octanol–water partition coefficient (Wildman–Crippen LogP) is 0.424. The van der Waals surface area contributed by atoms with Crippen LogP contribution in [0.25, 0.3) is 0 Å². The summed E-state index contributed by atoms with van der Waals surface area (Å²) in [7, 11) is -3.62. The molecule has 2 N–H and O–H groups in total. The van der Waals surface area contributed by atoms with Crippen molar-refractivity contribution in [3.8, 4) is 0 Å². The summed E-state index contributed by atoms with van der Waals surface area (Å²) >= 11 is 0. The van der Waals surface area contributed by atoms with Crippen LogP contribution in [0.3, 0.4) is 0 Å². The first-order valence-corrected chi connectivity index (χ1v) is 7.30. The van der Waals surface area contributed by atoms with E-state index in [1.54, 1.807) is 0 Å². The number of rotatable bonds is 6. The van der Waals surface area contributed by atoms with Crippen molar-refractivity contribution in [3.63, 3.8) is 0 Å². The molecule has 0 bridgehead atoms. The zero-order chi connectivity index (χ0) is 14.6. The highest BCUT2D eigenvalue weighted by molar-refractivity contribution is 7.92. The molecule has 1 aromatic rings. The van der Waals surface area contributed by atoms with Crippen LogP contribution < -0.4 is 0 Å². The van der Waals surface area contributed by atoms with Gasteiger partial charge in [0, 0.05) is 17.9 Å². The lowest BCUT2D eigenvalue weighted by atomic mass is 10.1. The van der Waals surface area contributed by atoms with Crippen LogP contribution in [-0.4, -0.2) is 41.2 Å². The molecule has 2 unspecified atom stereocenters. The Morgan fingerprint density at radius 1 is 1.32 bits per heavy atom. The molecule has 0 aliphatic rings. The second kappa shape index (κ2) is 6.09.